The van der Waals surface area contributed by atoms with Crippen LogP contribution in [0.5, 0.6) is 0 Å². The zero-order valence-corrected chi connectivity index (χ0v) is 12.5. The van der Waals surface area contributed by atoms with Crippen molar-refractivity contribution in [2.45, 2.75) is 47.0 Å². The molecule has 104 valence electrons. The molecule has 0 saturated carbocycles. The average molecular weight is 260 g/mol. The van der Waals surface area contributed by atoms with Gasteiger partial charge in [0.2, 0.25) is 0 Å². The monoisotopic (exact) mass is 260 g/mol. The van der Waals surface area contributed by atoms with Gasteiger partial charge in [0.05, 0.1) is 0 Å². The van der Waals surface area contributed by atoms with Crippen LogP contribution in [0, 0.1) is 6.92 Å². The van der Waals surface area contributed by atoms with Crippen molar-refractivity contribution >= 4 is 11.7 Å². The van der Waals surface area contributed by atoms with Gasteiger partial charge in [-0.2, -0.15) is 0 Å². The van der Waals surface area contributed by atoms with E-state index in [0.717, 1.165) is 28.8 Å². The molecule has 0 saturated heterocycles. The second-order valence-corrected chi connectivity index (χ2v) is 5.14. The number of carbonyl (C=O) groups is 1. The zero-order valence-electron chi connectivity index (χ0n) is 12.5. The fourth-order valence-electron chi connectivity index (χ4n) is 1.78. The van der Waals surface area contributed by atoms with Gasteiger partial charge in [-0.3, -0.25) is 0 Å². The molecule has 0 fully saturated rings. The molecule has 3 nitrogen and oxygen atoms in total. The van der Waals surface area contributed by atoms with Gasteiger partial charge in [-0.1, -0.05) is 44.5 Å². The van der Waals surface area contributed by atoms with E-state index in [0.29, 0.717) is 5.92 Å². The summed E-state index contributed by atoms with van der Waals surface area (Å²) in [6.07, 6.45) is 2.69. The van der Waals surface area contributed by atoms with Crippen molar-refractivity contribution in [3.8, 4) is 0 Å². The molecule has 2 N–H and O–H groups in total. The SMILES string of the molecule is CC/C(C)=C/NC(=O)Nc1c(C)cccc1C(C)C. The lowest BCUT2D eigenvalue weighted by atomic mass is 9.98. The van der Waals surface area contributed by atoms with Crippen LogP contribution < -0.4 is 10.6 Å². The maximum absolute atomic E-state index is 11.9. The van der Waals surface area contributed by atoms with Crippen molar-refractivity contribution in [3.05, 3.63) is 41.1 Å². The number of urea groups is 1. The van der Waals surface area contributed by atoms with Crippen LogP contribution in [0.25, 0.3) is 0 Å². The Morgan fingerprint density at radius 1 is 1.37 bits per heavy atom. The van der Waals surface area contributed by atoms with Crippen LogP contribution >= 0.6 is 0 Å². The summed E-state index contributed by atoms with van der Waals surface area (Å²) in [4.78, 5) is 11.9. The lowest BCUT2D eigenvalue weighted by molar-refractivity contribution is 0.255. The molecule has 0 aliphatic carbocycles. The van der Waals surface area contributed by atoms with Crippen molar-refractivity contribution < 1.29 is 4.79 Å². The number of nitrogens with one attached hydrogen (secondary N) is 2. The van der Waals surface area contributed by atoms with Gasteiger partial charge < -0.3 is 10.6 Å². The van der Waals surface area contributed by atoms with E-state index in [1.807, 2.05) is 26.0 Å². The maximum Gasteiger partial charge on any atom is 0.323 e. The molecule has 0 bridgehead atoms. The van der Waals surface area contributed by atoms with Crippen LogP contribution in [0.15, 0.2) is 30.0 Å². The molecule has 1 aromatic carbocycles. The molecule has 1 rings (SSSR count). The Morgan fingerprint density at radius 2 is 2.05 bits per heavy atom. The molecule has 0 aliphatic rings. The van der Waals surface area contributed by atoms with Crippen LogP contribution in [0.4, 0.5) is 10.5 Å². The molecule has 0 atom stereocenters. The standard InChI is InChI=1S/C16H24N2O/c1-6-12(4)10-17-16(19)18-15-13(5)8-7-9-14(15)11(2)3/h7-11H,6H2,1-5H3,(H2,17,18,19)/b12-10+. The number of carbonyl (C=O) groups excluding carboxylic acids is 1. The van der Waals surface area contributed by atoms with E-state index < -0.39 is 0 Å². The Balaban J connectivity index is 2.85. The van der Waals surface area contributed by atoms with Gasteiger partial charge in [0, 0.05) is 11.9 Å². The zero-order chi connectivity index (χ0) is 14.4. The van der Waals surface area contributed by atoms with Crippen LogP contribution in [0.1, 0.15) is 51.2 Å². The molecule has 1 aromatic rings. The molecule has 0 heterocycles. The highest BCUT2D eigenvalue weighted by molar-refractivity contribution is 5.91. The van der Waals surface area contributed by atoms with Crippen LogP contribution in [-0.2, 0) is 0 Å². The summed E-state index contributed by atoms with van der Waals surface area (Å²) in [7, 11) is 0. The Hall–Kier alpha value is -1.77. The molecule has 3 heteroatoms. The summed E-state index contributed by atoms with van der Waals surface area (Å²) in [5.41, 5.74) is 4.30. The summed E-state index contributed by atoms with van der Waals surface area (Å²) < 4.78 is 0. The Labute approximate surface area is 116 Å². The maximum atomic E-state index is 11.9. The minimum absolute atomic E-state index is 0.191. The van der Waals surface area contributed by atoms with E-state index in [9.17, 15) is 4.79 Å². The van der Waals surface area contributed by atoms with Crippen LogP contribution in [0.2, 0.25) is 0 Å². The number of benzene rings is 1. The summed E-state index contributed by atoms with van der Waals surface area (Å²) in [5, 5.41) is 5.71. The quantitative estimate of drug-likeness (QED) is 0.819. The number of hydrogen-bond acceptors (Lipinski definition) is 1. The third kappa shape index (κ3) is 4.43. The average Bonchev–Trinajstić information content (AvgIpc) is 2.38. The molecular weight excluding hydrogens is 236 g/mol. The number of amides is 2. The molecule has 0 aliphatic heterocycles. The second-order valence-electron chi connectivity index (χ2n) is 5.14. The second kappa shape index (κ2) is 6.98. The molecule has 0 radical (unpaired) electrons. The van der Waals surface area contributed by atoms with E-state index in [4.69, 9.17) is 0 Å². The number of para-hydroxylation sites is 1. The van der Waals surface area contributed by atoms with Gasteiger partial charge in [0.1, 0.15) is 0 Å². The summed E-state index contributed by atoms with van der Waals surface area (Å²) in [6, 6.07) is 5.90. The normalized spacial score (nSPS) is 11.6. The van der Waals surface area contributed by atoms with Crippen LogP contribution in [-0.4, -0.2) is 6.03 Å². The Morgan fingerprint density at radius 3 is 2.63 bits per heavy atom. The highest BCUT2D eigenvalue weighted by Gasteiger charge is 2.11. The number of rotatable bonds is 4. The van der Waals surface area contributed by atoms with Gasteiger partial charge in [-0.05, 0) is 37.3 Å². The predicted molar refractivity (Wildman–Crippen MR) is 81.5 cm³/mol. The van der Waals surface area contributed by atoms with Crippen LogP contribution in [0.3, 0.4) is 0 Å². The summed E-state index contributed by atoms with van der Waals surface area (Å²) >= 11 is 0. The first-order valence-electron chi connectivity index (χ1n) is 6.78. The van der Waals surface area contributed by atoms with E-state index in [2.05, 4.69) is 37.5 Å². The Bertz CT molecular complexity index is 476. The predicted octanol–water partition coefficient (Wildman–Crippen LogP) is 4.55. The third-order valence-electron chi connectivity index (χ3n) is 3.17. The topological polar surface area (TPSA) is 41.1 Å². The van der Waals surface area contributed by atoms with Crippen molar-refractivity contribution in [2.75, 3.05) is 5.32 Å². The van der Waals surface area contributed by atoms with Gasteiger partial charge in [-0.25, -0.2) is 4.79 Å². The minimum atomic E-state index is -0.191. The first-order chi connectivity index (χ1) is 8.95. The lowest BCUT2D eigenvalue weighted by Gasteiger charge is -2.16. The largest absolute Gasteiger partial charge is 0.323 e. The van der Waals surface area contributed by atoms with E-state index in [1.165, 1.54) is 0 Å². The number of anilines is 1. The first kappa shape index (κ1) is 15.3. The van der Waals surface area contributed by atoms with Gasteiger partial charge in [0.25, 0.3) is 0 Å². The number of allylic oxidation sites excluding steroid dienone is 1. The molecule has 0 unspecified atom stereocenters. The molecule has 0 aromatic heterocycles. The van der Waals surface area contributed by atoms with Crippen molar-refractivity contribution in [1.82, 2.24) is 5.32 Å². The van der Waals surface area contributed by atoms with Crippen molar-refractivity contribution in [2.24, 2.45) is 0 Å². The lowest BCUT2D eigenvalue weighted by Crippen LogP contribution is -2.25. The van der Waals surface area contributed by atoms with E-state index in [1.54, 1.807) is 6.20 Å². The van der Waals surface area contributed by atoms with Crippen molar-refractivity contribution in [3.63, 3.8) is 0 Å². The van der Waals surface area contributed by atoms with Gasteiger partial charge in [-0.15, -0.1) is 0 Å². The summed E-state index contributed by atoms with van der Waals surface area (Å²) in [5.74, 6) is 0.378. The highest BCUT2D eigenvalue weighted by Crippen LogP contribution is 2.27. The third-order valence-corrected chi connectivity index (χ3v) is 3.17. The fourth-order valence-corrected chi connectivity index (χ4v) is 1.78. The van der Waals surface area contributed by atoms with E-state index in [-0.39, 0.29) is 6.03 Å². The molecular formula is C16H24N2O. The number of aryl methyl sites for hydroxylation is 1. The van der Waals surface area contributed by atoms with E-state index >= 15 is 0 Å². The fraction of sp³-hybridized carbons (Fsp3) is 0.438. The first-order valence-corrected chi connectivity index (χ1v) is 6.78. The molecule has 2 amide bonds. The van der Waals surface area contributed by atoms with Gasteiger partial charge >= 0.3 is 6.03 Å². The Kier molecular flexibility index (Phi) is 5.61. The molecule has 0 spiro atoms. The minimum Gasteiger partial charge on any atom is -0.314 e. The highest BCUT2D eigenvalue weighted by atomic mass is 16.2. The smallest absolute Gasteiger partial charge is 0.314 e. The van der Waals surface area contributed by atoms with Gasteiger partial charge in [0.15, 0.2) is 0 Å². The van der Waals surface area contributed by atoms with Crippen molar-refractivity contribution in [1.29, 1.82) is 0 Å². The summed E-state index contributed by atoms with van der Waals surface area (Å²) in [6.45, 7) is 10.3. The molecule has 19 heavy (non-hydrogen) atoms. The number of hydrogen-bond donors (Lipinski definition) is 2.